The first kappa shape index (κ1) is 13.7. The number of ether oxygens (including phenoxy) is 1. The zero-order chi connectivity index (χ0) is 12.1. The van der Waals surface area contributed by atoms with E-state index in [0.717, 1.165) is 24.3 Å². The zero-order valence-electron chi connectivity index (χ0n) is 11.3. The third-order valence-corrected chi connectivity index (χ3v) is 5.43. The molecule has 0 radical (unpaired) electrons. The van der Waals surface area contributed by atoms with Gasteiger partial charge in [-0.2, -0.15) is 11.8 Å². The molecule has 1 heterocycles. The van der Waals surface area contributed by atoms with Crippen molar-refractivity contribution in [2.45, 2.75) is 75.8 Å². The van der Waals surface area contributed by atoms with Gasteiger partial charge < -0.3 is 10.1 Å². The van der Waals surface area contributed by atoms with Gasteiger partial charge in [-0.1, -0.05) is 20.3 Å². The van der Waals surface area contributed by atoms with Crippen molar-refractivity contribution in [2.24, 2.45) is 0 Å². The molecular weight excluding hydrogens is 230 g/mol. The molecule has 100 valence electrons. The van der Waals surface area contributed by atoms with Crippen molar-refractivity contribution in [1.82, 2.24) is 5.32 Å². The second-order valence-electron chi connectivity index (χ2n) is 5.32. The third-order valence-electron chi connectivity index (χ3n) is 4.11. The Morgan fingerprint density at radius 3 is 2.88 bits per heavy atom. The maximum absolute atomic E-state index is 5.75. The van der Waals surface area contributed by atoms with E-state index >= 15 is 0 Å². The summed E-state index contributed by atoms with van der Waals surface area (Å²) in [6.07, 6.45) is 8.29. The van der Waals surface area contributed by atoms with Crippen molar-refractivity contribution >= 4 is 11.8 Å². The van der Waals surface area contributed by atoms with Crippen LogP contribution in [0.25, 0.3) is 0 Å². The largest absolute Gasteiger partial charge is 0.378 e. The van der Waals surface area contributed by atoms with Crippen molar-refractivity contribution < 1.29 is 4.74 Å². The molecular formula is C14H27NOS. The van der Waals surface area contributed by atoms with E-state index in [1.165, 1.54) is 37.9 Å². The molecule has 1 saturated carbocycles. The van der Waals surface area contributed by atoms with E-state index in [1.54, 1.807) is 0 Å². The Labute approximate surface area is 110 Å². The number of rotatable bonds is 5. The molecule has 0 aromatic heterocycles. The summed E-state index contributed by atoms with van der Waals surface area (Å²) in [7, 11) is 0. The van der Waals surface area contributed by atoms with Crippen LogP contribution in [-0.2, 0) is 4.74 Å². The van der Waals surface area contributed by atoms with E-state index in [4.69, 9.17) is 4.74 Å². The van der Waals surface area contributed by atoms with Crippen LogP contribution >= 0.6 is 11.8 Å². The van der Waals surface area contributed by atoms with E-state index in [-0.39, 0.29) is 0 Å². The third kappa shape index (κ3) is 3.87. The topological polar surface area (TPSA) is 21.3 Å². The summed E-state index contributed by atoms with van der Waals surface area (Å²) in [5, 5.41) is 4.78. The van der Waals surface area contributed by atoms with Crippen LogP contribution in [0.4, 0.5) is 0 Å². The first-order valence-electron chi connectivity index (χ1n) is 7.32. The molecule has 2 aliphatic rings. The molecule has 1 aliphatic heterocycles. The molecule has 0 spiro atoms. The van der Waals surface area contributed by atoms with Crippen LogP contribution in [-0.4, -0.2) is 35.8 Å². The summed E-state index contributed by atoms with van der Waals surface area (Å²) >= 11 is 2.15. The molecule has 1 N–H and O–H groups in total. The van der Waals surface area contributed by atoms with Crippen LogP contribution in [0.2, 0.25) is 0 Å². The normalized spacial score (nSPS) is 38.5. The van der Waals surface area contributed by atoms with Crippen LogP contribution in [0.3, 0.4) is 0 Å². The smallest absolute Gasteiger partial charge is 0.0587 e. The molecule has 17 heavy (non-hydrogen) atoms. The predicted molar refractivity (Wildman–Crippen MR) is 75.7 cm³/mol. The molecule has 2 nitrogen and oxygen atoms in total. The van der Waals surface area contributed by atoms with E-state index in [2.05, 4.69) is 30.9 Å². The zero-order valence-corrected chi connectivity index (χ0v) is 12.1. The average molecular weight is 257 g/mol. The van der Waals surface area contributed by atoms with Gasteiger partial charge in [-0.25, -0.2) is 0 Å². The molecule has 1 aliphatic carbocycles. The quantitative estimate of drug-likeness (QED) is 0.817. The van der Waals surface area contributed by atoms with Crippen LogP contribution in [0.15, 0.2) is 0 Å². The molecule has 0 aromatic rings. The number of nitrogens with one attached hydrogen (secondary N) is 1. The molecule has 1 saturated heterocycles. The van der Waals surface area contributed by atoms with Gasteiger partial charge in [-0.3, -0.25) is 0 Å². The Hall–Kier alpha value is 0.270. The monoisotopic (exact) mass is 257 g/mol. The second kappa shape index (κ2) is 7.01. The lowest BCUT2D eigenvalue weighted by atomic mass is 10.0. The summed E-state index contributed by atoms with van der Waals surface area (Å²) in [6, 6.07) is 1.47. The van der Waals surface area contributed by atoms with Gasteiger partial charge in [0.2, 0.25) is 0 Å². The Morgan fingerprint density at radius 1 is 1.24 bits per heavy atom. The van der Waals surface area contributed by atoms with E-state index < -0.39 is 0 Å². The Kier molecular flexibility index (Phi) is 5.64. The van der Waals surface area contributed by atoms with E-state index in [1.807, 2.05) is 0 Å². The fourth-order valence-electron chi connectivity index (χ4n) is 3.15. The fourth-order valence-corrected chi connectivity index (χ4v) is 4.36. The summed E-state index contributed by atoms with van der Waals surface area (Å²) in [4.78, 5) is 0. The molecule has 4 atom stereocenters. The molecule has 0 amide bonds. The van der Waals surface area contributed by atoms with Crippen LogP contribution in [0.5, 0.6) is 0 Å². The number of hydrogen-bond donors (Lipinski definition) is 1. The predicted octanol–water partition coefficient (Wildman–Crippen LogP) is 3.21. The Bertz CT molecular complexity index is 224. The van der Waals surface area contributed by atoms with Gasteiger partial charge in [0.05, 0.1) is 6.10 Å². The second-order valence-corrected chi connectivity index (χ2v) is 6.84. The maximum atomic E-state index is 5.75. The molecule has 3 heteroatoms. The number of thioether (sulfide) groups is 1. The average Bonchev–Trinajstić information content (AvgIpc) is 2.78. The molecule has 4 unspecified atom stereocenters. The van der Waals surface area contributed by atoms with Gasteiger partial charge in [0.1, 0.15) is 0 Å². The van der Waals surface area contributed by atoms with Gasteiger partial charge >= 0.3 is 0 Å². The Morgan fingerprint density at radius 2 is 2.12 bits per heavy atom. The lowest BCUT2D eigenvalue weighted by Crippen LogP contribution is -2.46. The first-order chi connectivity index (χ1) is 8.33. The summed E-state index contributed by atoms with van der Waals surface area (Å²) < 4.78 is 5.75. The Balaban J connectivity index is 1.79. The lowest BCUT2D eigenvalue weighted by Gasteiger charge is -2.33. The molecule has 0 bridgehead atoms. The summed E-state index contributed by atoms with van der Waals surface area (Å²) in [5.41, 5.74) is 0. The van der Waals surface area contributed by atoms with Crippen LogP contribution < -0.4 is 5.32 Å². The highest BCUT2D eigenvalue weighted by Gasteiger charge is 2.30. The van der Waals surface area contributed by atoms with Gasteiger partial charge in [0.25, 0.3) is 0 Å². The number of hydrogen-bond acceptors (Lipinski definition) is 3. The van der Waals surface area contributed by atoms with Crippen molar-refractivity contribution in [2.75, 3.05) is 12.4 Å². The molecule has 2 fully saturated rings. The minimum Gasteiger partial charge on any atom is -0.378 e. The van der Waals surface area contributed by atoms with E-state index in [9.17, 15) is 0 Å². The molecule has 0 aromatic carbocycles. The van der Waals surface area contributed by atoms with Crippen LogP contribution in [0.1, 0.15) is 52.4 Å². The lowest BCUT2D eigenvalue weighted by molar-refractivity contribution is -0.00171. The van der Waals surface area contributed by atoms with Gasteiger partial charge in [-0.05, 0) is 37.9 Å². The van der Waals surface area contributed by atoms with Crippen molar-refractivity contribution in [3.05, 3.63) is 0 Å². The minimum absolute atomic E-state index is 0.500. The van der Waals surface area contributed by atoms with Gasteiger partial charge in [0, 0.05) is 23.9 Å². The highest BCUT2D eigenvalue weighted by molar-refractivity contribution is 7.99. The molecule has 2 rings (SSSR count). The summed E-state index contributed by atoms with van der Waals surface area (Å²) in [6.45, 7) is 5.47. The maximum Gasteiger partial charge on any atom is 0.0587 e. The van der Waals surface area contributed by atoms with Gasteiger partial charge in [0.15, 0.2) is 0 Å². The SMILES string of the molecule is CCSC1CCCC1NC1CCOC(CC)C1. The highest BCUT2D eigenvalue weighted by atomic mass is 32.2. The van der Waals surface area contributed by atoms with Crippen molar-refractivity contribution in [3.63, 3.8) is 0 Å². The van der Waals surface area contributed by atoms with Crippen molar-refractivity contribution in [1.29, 1.82) is 0 Å². The first-order valence-corrected chi connectivity index (χ1v) is 8.37. The van der Waals surface area contributed by atoms with E-state index in [0.29, 0.717) is 12.1 Å². The van der Waals surface area contributed by atoms with Crippen LogP contribution in [0, 0.1) is 0 Å². The standard InChI is InChI=1S/C14H27NOS/c1-3-12-10-11(8-9-16-12)15-13-6-5-7-14(13)17-4-2/h11-15H,3-10H2,1-2H3. The highest BCUT2D eigenvalue weighted by Crippen LogP contribution is 2.31. The van der Waals surface area contributed by atoms with Crippen molar-refractivity contribution in [3.8, 4) is 0 Å². The van der Waals surface area contributed by atoms with Gasteiger partial charge in [-0.15, -0.1) is 0 Å². The minimum atomic E-state index is 0.500. The summed E-state index contributed by atoms with van der Waals surface area (Å²) in [5.74, 6) is 1.26. The fraction of sp³-hybridized carbons (Fsp3) is 1.00.